The smallest absolute Gasteiger partial charge is 0.341 e. The van der Waals surface area contributed by atoms with Crippen LogP contribution < -0.4 is 23.7 Å². The fraction of sp³-hybridized carbons (Fsp3) is 0.310. The van der Waals surface area contributed by atoms with E-state index < -0.39 is 29.9 Å². The summed E-state index contributed by atoms with van der Waals surface area (Å²) in [6.07, 6.45) is 1.06. The molecule has 1 aliphatic heterocycles. The molecule has 9 heteroatoms. The highest BCUT2D eigenvalue weighted by atomic mass is 16.7. The van der Waals surface area contributed by atoms with Crippen molar-refractivity contribution < 1.29 is 43.5 Å². The summed E-state index contributed by atoms with van der Waals surface area (Å²) in [5.74, 6) is -0.778. The monoisotopic (exact) mass is 520 g/mol. The first-order chi connectivity index (χ1) is 18.4. The molecule has 0 aromatic heterocycles. The van der Waals surface area contributed by atoms with Crippen molar-refractivity contribution in [2.45, 2.75) is 25.2 Å². The second-order valence-electron chi connectivity index (χ2n) is 9.18. The minimum Gasteiger partial charge on any atom is -0.497 e. The number of carboxylic acids is 2. The van der Waals surface area contributed by atoms with Crippen LogP contribution in [0.25, 0.3) is 0 Å². The fourth-order valence-corrected chi connectivity index (χ4v) is 5.44. The van der Waals surface area contributed by atoms with Crippen LogP contribution in [0.1, 0.15) is 35.6 Å². The molecule has 38 heavy (non-hydrogen) atoms. The lowest BCUT2D eigenvalue weighted by atomic mass is 9.64. The number of fused-ring (bicyclic) bond motifs is 2. The maximum atomic E-state index is 13.0. The summed E-state index contributed by atoms with van der Waals surface area (Å²) in [7, 11) is 1.49. The van der Waals surface area contributed by atoms with Gasteiger partial charge in [0.2, 0.25) is 6.79 Å². The highest BCUT2D eigenvalue weighted by Crippen LogP contribution is 2.57. The van der Waals surface area contributed by atoms with Crippen LogP contribution in [0, 0.1) is 5.92 Å². The van der Waals surface area contributed by atoms with Gasteiger partial charge in [0.15, 0.2) is 18.1 Å². The average molecular weight is 521 g/mol. The van der Waals surface area contributed by atoms with Gasteiger partial charge in [-0.3, -0.25) is 4.79 Å². The Labute approximate surface area is 219 Å². The lowest BCUT2D eigenvalue weighted by Gasteiger charge is -2.37. The number of hydrogen-bond acceptors (Lipinski definition) is 7. The molecule has 3 aromatic rings. The number of carbonyl (C=O) groups is 2. The molecular weight excluding hydrogens is 492 g/mol. The van der Waals surface area contributed by atoms with E-state index in [1.54, 1.807) is 30.3 Å². The third-order valence-corrected chi connectivity index (χ3v) is 7.02. The van der Waals surface area contributed by atoms with Gasteiger partial charge >= 0.3 is 11.9 Å². The van der Waals surface area contributed by atoms with Crippen LogP contribution in [0.2, 0.25) is 0 Å². The lowest BCUT2D eigenvalue weighted by Crippen LogP contribution is -2.39. The quantitative estimate of drug-likeness (QED) is 0.404. The van der Waals surface area contributed by atoms with Gasteiger partial charge in [0.05, 0.1) is 25.0 Å². The Hall–Kier alpha value is -4.40. The van der Waals surface area contributed by atoms with Crippen molar-refractivity contribution in [1.29, 1.82) is 0 Å². The first kappa shape index (κ1) is 25.3. The molecule has 0 bridgehead atoms. The van der Waals surface area contributed by atoms with Crippen LogP contribution in [0.5, 0.6) is 28.7 Å². The maximum absolute atomic E-state index is 13.0. The van der Waals surface area contributed by atoms with Gasteiger partial charge in [-0.2, -0.15) is 0 Å². The van der Waals surface area contributed by atoms with Crippen LogP contribution in [-0.2, 0) is 21.4 Å². The van der Waals surface area contributed by atoms with Crippen molar-refractivity contribution >= 4 is 11.9 Å². The Morgan fingerprint density at radius 2 is 1.74 bits per heavy atom. The van der Waals surface area contributed by atoms with Crippen molar-refractivity contribution in [1.82, 2.24) is 0 Å². The molecule has 0 amide bonds. The predicted molar refractivity (Wildman–Crippen MR) is 136 cm³/mol. The van der Waals surface area contributed by atoms with Gasteiger partial charge in [-0.05, 0) is 59.9 Å². The van der Waals surface area contributed by atoms with Crippen molar-refractivity contribution in [3.63, 3.8) is 0 Å². The summed E-state index contributed by atoms with van der Waals surface area (Å²) in [6.45, 7) is 1.97. The summed E-state index contributed by atoms with van der Waals surface area (Å²) in [5, 5.41) is 20.0. The number of hydrogen-bond donors (Lipinski definition) is 2. The van der Waals surface area contributed by atoms with Crippen LogP contribution in [0.4, 0.5) is 0 Å². The molecule has 3 aromatic carbocycles. The van der Waals surface area contributed by atoms with Crippen LogP contribution in [0.15, 0.2) is 54.6 Å². The number of ether oxygens (including phenoxy) is 5. The number of aliphatic carboxylic acids is 2. The zero-order valence-electron chi connectivity index (χ0n) is 21.1. The molecule has 0 saturated heterocycles. The minimum atomic E-state index is -1.27. The van der Waals surface area contributed by atoms with Crippen molar-refractivity contribution in [2.75, 3.05) is 27.1 Å². The molecule has 1 aliphatic carbocycles. The minimum absolute atomic E-state index is 0.0647. The van der Waals surface area contributed by atoms with Crippen molar-refractivity contribution in [3.05, 3.63) is 76.9 Å². The maximum Gasteiger partial charge on any atom is 0.341 e. The van der Waals surface area contributed by atoms with E-state index in [0.717, 1.165) is 17.5 Å². The Kier molecular flexibility index (Phi) is 6.75. The molecular formula is C29H28O9. The average Bonchev–Trinajstić information content (AvgIpc) is 3.53. The molecule has 0 radical (unpaired) electrons. The summed E-state index contributed by atoms with van der Waals surface area (Å²) >= 11 is 0. The summed E-state index contributed by atoms with van der Waals surface area (Å²) in [6, 6.07) is 16.0. The Morgan fingerprint density at radius 3 is 2.47 bits per heavy atom. The highest BCUT2D eigenvalue weighted by Gasteiger charge is 2.54. The molecule has 9 nitrogen and oxygen atoms in total. The van der Waals surface area contributed by atoms with E-state index in [9.17, 15) is 19.8 Å². The summed E-state index contributed by atoms with van der Waals surface area (Å²) in [5.41, 5.74) is 1.46. The van der Waals surface area contributed by atoms with Crippen LogP contribution in [-0.4, -0.2) is 49.3 Å². The lowest BCUT2D eigenvalue weighted by molar-refractivity contribution is -0.143. The molecule has 198 valence electrons. The number of methoxy groups -OCH3 is 1. The van der Waals surface area contributed by atoms with Crippen LogP contribution >= 0.6 is 0 Å². The molecule has 5 rings (SSSR count). The van der Waals surface area contributed by atoms with Crippen molar-refractivity contribution in [3.8, 4) is 28.7 Å². The van der Waals surface area contributed by atoms with Gasteiger partial charge in [0, 0.05) is 11.6 Å². The highest BCUT2D eigenvalue weighted by molar-refractivity contribution is 5.81. The van der Waals surface area contributed by atoms with E-state index in [2.05, 4.69) is 0 Å². The van der Waals surface area contributed by atoms with Crippen LogP contribution in [0.3, 0.4) is 0 Å². The zero-order valence-corrected chi connectivity index (χ0v) is 21.1. The number of benzene rings is 3. The molecule has 0 unspecified atom stereocenters. The van der Waals surface area contributed by atoms with E-state index >= 15 is 0 Å². The SMILES string of the molecule is CCCOc1ccc2c(c1)[C@](c1ccc3c(c1)OCO3)(c1ccc(OC)cc1OCC(=O)O)[C@H](C(=O)O)C2. The molecule has 2 atom stereocenters. The van der Waals surface area contributed by atoms with Gasteiger partial charge in [-0.15, -0.1) is 0 Å². The van der Waals surface area contributed by atoms with E-state index in [4.69, 9.17) is 23.7 Å². The number of carboxylic acid groups (broad SMARTS) is 2. The van der Waals surface area contributed by atoms with E-state index in [-0.39, 0.29) is 19.0 Å². The van der Waals surface area contributed by atoms with Gasteiger partial charge in [0.1, 0.15) is 17.2 Å². The molecule has 0 fully saturated rings. The molecule has 1 heterocycles. The van der Waals surface area contributed by atoms with Gasteiger partial charge in [-0.25, -0.2) is 4.79 Å². The topological polar surface area (TPSA) is 121 Å². The Balaban J connectivity index is 1.83. The van der Waals surface area contributed by atoms with Gasteiger partial charge < -0.3 is 33.9 Å². The standard InChI is InChI=1S/C29H28O9/c1-3-10-35-20-6-4-17-11-23(28(32)33)29(22(17)13-20,18-5-9-24-26(12-18)38-16-37-24)21-8-7-19(34-2)14-25(21)36-15-27(30)31/h4-9,12-14,23H,3,10-11,15-16H2,1-2H3,(H,30,31)(H,32,33)/t23-,29-/m0/s1. The second-order valence-corrected chi connectivity index (χ2v) is 9.18. The normalized spacial score (nSPS) is 19.1. The fourth-order valence-electron chi connectivity index (χ4n) is 5.44. The first-order valence-electron chi connectivity index (χ1n) is 12.3. The van der Waals surface area contributed by atoms with E-state index in [0.29, 0.717) is 40.7 Å². The van der Waals surface area contributed by atoms with Gasteiger partial charge in [-0.1, -0.05) is 25.1 Å². The predicted octanol–water partition coefficient (Wildman–Crippen LogP) is 4.27. The molecule has 2 N–H and O–H groups in total. The second kappa shape index (κ2) is 10.2. The van der Waals surface area contributed by atoms with E-state index in [1.165, 1.54) is 7.11 Å². The zero-order chi connectivity index (χ0) is 26.9. The Bertz CT molecular complexity index is 1380. The van der Waals surface area contributed by atoms with E-state index in [1.807, 2.05) is 31.2 Å². The molecule has 0 spiro atoms. The van der Waals surface area contributed by atoms with Crippen molar-refractivity contribution in [2.24, 2.45) is 5.92 Å². The third-order valence-electron chi connectivity index (χ3n) is 7.02. The first-order valence-corrected chi connectivity index (χ1v) is 12.3. The van der Waals surface area contributed by atoms with Gasteiger partial charge in [0.25, 0.3) is 0 Å². The largest absolute Gasteiger partial charge is 0.497 e. The third kappa shape index (κ3) is 4.23. The Morgan fingerprint density at radius 1 is 0.947 bits per heavy atom. The summed E-state index contributed by atoms with van der Waals surface area (Å²) < 4.78 is 28.3. The molecule has 0 saturated carbocycles. The number of rotatable bonds is 10. The molecule has 2 aliphatic rings. The summed E-state index contributed by atoms with van der Waals surface area (Å²) in [4.78, 5) is 24.4.